The third kappa shape index (κ3) is 5.44. The molecule has 4 aromatic rings. The van der Waals surface area contributed by atoms with Crippen molar-refractivity contribution in [2.24, 2.45) is 0 Å². The number of urea groups is 1. The van der Waals surface area contributed by atoms with Crippen molar-refractivity contribution >= 4 is 22.8 Å². The van der Waals surface area contributed by atoms with Crippen LogP contribution in [-0.2, 0) is 19.4 Å². The number of ether oxygens (including phenoxy) is 2. The molecule has 1 heterocycles. The van der Waals surface area contributed by atoms with Crippen molar-refractivity contribution in [3.8, 4) is 11.5 Å². The molecule has 2 N–H and O–H groups in total. The van der Waals surface area contributed by atoms with Crippen molar-refractivity contribution in [2.45, 2.75) is 19.4 Å². The molecule has 0 saturated heterocycles. The fraction of sp³-hybridized carbons (Fsp3) is 0.231. The number of carbonyl (C=O) groups is 1. The molecule has 2 amide bonds. The van der Waals surface area contributed by atoms with E-state index in [1.165, 1.54) is 5.56 Å². The van der Waals surface area contributed by atoms with Crippen LogP contribution in [-0.4, -0.2) is 36.3 Å². The van der Waals surface area contributed by atoms with Gasteiger partial charge in [0.1, 0.15) is 17.3 Å². The van der Waals surface area contributed by atoms with Gasteiger partial charge in [-0.15, -0.1) is 0 Å². The largest absolute Gasteiger partial charge is 0.497 e. The zero-order chi connectivity index (χ0) is 23.0. The summed E-state index contributed by atoms with van der Waals surface area (Å²) >= 11 is 0. The van der Waals surface area contributed by atoms with Crippen molar-refractivity contribution in [1.82, 2.24) is 14.9 Å². The van der Waals surface area contributed by atoms with Crippen molar-refractivity contribution < 1.29 is 14.3 Å². The smallest absolute Gasteiger partial charge is 0.319 e. The second-order valence-electron chi connectivity index (χ2n) is 7.60. The van der Waals surface area contributed by atoms with Crippen LogP contribution in [0.15, 0.2) is 72.8 Å². The number of para-hydroxylation sites is 2. The molecule has 7 nitrogen and oxygen atoms in total. The molecule has 0 unspecified atom stereocenters. The van der Waals surface area contributed by atoms with Gasteiger partial charge in [-0.2, -0.15) is 0 Å². The van der Waals surface area contributed by atoms with Gasteiger partial charge >= 0.3 is 6.03 Å². The summed E-state index contributed by atoms with van der Waals surface area (Å²) in [7, 11) is 3.14. The zero-order valence-corrected chi connectivity index (χ0v) is 18.9. The van der Waals surface area contributed by atoms with Gasteiger partial charge in [-0.1, -0.05) is 42.5 Å². The molecular formula is C26H28N4O3. The van der Waals surface area contributed by atoms with Crippen LogP contribution in [0.25, 0.3) is 11.0 Å². The summed E-state index contributed by atoms with van der Waals surface area (Å²) in [6, 6.07) is 23.4. The highest BCUT2D eigenvalue weighted by molar-refractivity contribution is 5.91. The van der Waals surface area contributed by atoms with Crippen LogP contribution in [0.2, 0.25) is 0 Å². The Balaban J connectivity index is 1.42. The summed E-state index contributed by atoms with van der Waals surface area (Å²) < 4.78 is 12.7. The van der Waals surface area contributed by atoms with Crippen LogP contribution < -0.4 is 20.1 Å². The number of benzene rings is 3. The molecule has 7 heteroatoms. The van der Waals surface area contributed by atoms with Crippen molar-refractivity contribution in [3.63, 3.8) is 0 Å². The first-order chi connectivity index (χ1) is 16.2. The predicted molar refractivity (Wildman–Crippen MR) is 130 cm³/mol. The summed E-state index contributed by atoms with van der Waals surface area (Å²) in [5.74, 6) is 2.21. The molecule has 0 fully saturated rings. The molecule has 170 valence electrons. The number of nitrogens with zero attached hydrogens (tertiary/aromatic N) is 2. The molecule has 3 aromatic carbocycles. The summed E-state index contributed by atoms with van der Waals surface area (Å²) in [6.07, 6.45) is 1.74. The van der Waals surface area contributed by atoms with Crippen LogP contribution in [0, 0.1) is 0 Å². The van der Waals surface area contributed by atoms with E-state index >= 15 is 0 Å². The molecule has 0 aliphatic rings. The zero-order valence-electron chi connectivity index (χ0n) is 18.9. The minimum absolute atomic E-state index is 0.309. The van der Waals surface area contributed by atoms with E-state index in [-0.39, 0.29) is 6.03 Å². The van der Waals surface area contributed by atoms with Crippen LogP contribution >= 0.6 is 0 Å². The highest BCUT2D eigenvalue weighted by atomic mass is 16.5. The Morgan fingerprint density at radius 1 is 0.939 bits per heavy atom. The third-order valence-corrected chi connectivity index (χ3v) is 5.49. The quantitative estimate of drug-likeness (QED) is 0.394. The Morgan fingerprint density at radius 3 is 2.52 bits per heavy atom. The average molecular weight is 445 g/mol. The summed E-state index contributed by atoms with van der Waals surface area (Å²) in [5, 5.41) is 5.76. The first-order valence-electron chi connectivity index (χ1n) is 10.9. The lowest BCUT2D eigenvalue weighted by molar-refractivity contribution is 0.251. The second kappa shape index (κ2) is 10.5. The average Bonchev–Trinajstić information content (AvgIpc) is 3.21. The highest BCUT2D eigenvalue weighted by Gasteiger charge is 2.12. The number of rotatable bonds is 9. The number of amides is 2. The fourth-order valence-corrected chi connectivity index (χ4v) is 3.83. The lowest BCUT2D eigenvalue weighted by Gasteiger charge is -2.14. The number of carbonyl (C=O) groups excluding carboxylic acids is 1. The standard InChI is InChI=1S/C26H28N4O3/c1-32-20-13-14-24(33-2)22(18-20)29-26(31)27-16-17-30-23-11-7-6-10-21(23)28-25(30)15-12-19-8-4-3-5-9-19/h3-11,13-14,18H,12,15-17H2,1-2H3,(H2,27,29,31). The first-order valence-corrected chi connectivity index (χ1v) is 10.9. The predicted octanol–water partition coefficient (Wildman–Crippen LogP) is 4.66. The van der Waals surface area contributed by atoms with Crippen LogP contribution in [0.4, 0.5) is 10.5 Å². The summed E-state index contributed by atoms with van der Waals surface area (Å²) in [6.45, 7) is 1.07. The highest BCUT2D eigenvalue weighted by Crippen LogP contribution is 2.28. The SMILES string of the molecule is COc1ccc(OC)c(NC(=O)NCCn2c(CCc3ccccc3)nc3ccccc32)c1. The van der Waals surface area contributed by atoms with E-state index < -0.39 is 0 Å². The Labute approximate surface area is 193 Å². The lowest BCUT2D eigenvalue weighted by Crippen LogP contribution is -2.32. The van der Waals surface area contributed by atoms with E-state index in [2.05, 4.69) is 45.5 Å². The Kier molecular flexibility index (Phi) is 7.09. The van der Waals surface area contributed by atoms with Crippen LogP contribution in [0.1, 0.15) is 11.4 Å². The van der Waals surface area contributed by atoms with E-state index in [1.807, 2.05) is 24.3 Å². The van der Waals surface area contributed by atoms with Crippen LogP contribution in [0.5, 0.6) is 11.5 Å². The molecule has 0 saturated carbocycles. The van der Waals surface area contributed by atoms with Crippen molar-refractivity contribution in [1.29, 1.82) is 0 Å². The van der Waals surface area contributed by atoms with E-state index in [4.69, 9.17) is 14.5 Å². The topological polar surface area (TPSA) is 77.4 Å². The number of aryl methyl sites for hydroxylation is 2. The molecule has 0 spiro atoms. The fourth-order valence-electron chi connectivity index (χ4n) is 3.83. The van der Waals surface area contributed by atoms with Gasteiger partial charge in [0.05, 0.1) is 30.9 Å². The van der Waals surface area contributed by atoms with Crippen molar-refractivity contribution in [2.75, 3.05) is 26.1 Å². The Hall–Kier alpha value is -4.00. The maximum absolute atomic E-state index is 12.5. The first kappa shape index (κ1) is 22.2. The molecule has 0 aliphatic heterocycles. The van der Waals surface area contributed by atoms with E-state index in [1.54, 1.807) is 32.4 Å². The van der Waals surface area contributed by atoms with E-state index in [9.17, 15) is 4.79 Å². The van der Waals surface area contributed by atoms with Gasteiger partial charge in [-0.3, -0.25) is 0 Å². The second-order valence-corrected chi connectivity index (χ2v) is 7.60. The van der Waals surface area contributed by atoms with E-state index in [0.29, 0.717) is 30.3 Å². The molecule has 4 rings (SSSR count). The number of anilines is 1. The van der Waals surface area contributed by atoms with Gasteiger partial charge in [0, 0.05) is 25.6 Å². The number of imidazole rings is 1. The normalized spacial score (nSPS) is 10.7. The van der Waals surface area contributed by atoms with Gasteiger partial charge in [-0.25, -0.2) is 9.78 Å². The molecule has 0 bridgehead atoms. The lowest BCUT2D eigenvalue weighted by atomic mass is 10.1. The maximum Gasteiger partial charge on any atom is 0.319 e. The number of aromatic nitrogens is 2. The number of hydrogen-bond donors (Lipinski definition) is 2. The third-order valence-electron chi connectivity index (χ3n) is 5.49. The number of hydrogen-bond acceptors (Lipinski definition) is 4. The summed E-state index contributed by atoms with van der Waals surface area (Å²) in [5.41, 5.74) is 3.86. The van der Waals surface area contributed by atoms with Gasteiger partial charge in [0.2, 0.25) is 0 Å². The number of nitrogens with one attached hydrogen (secondary N) is 2. The van der Waals surface area contributed by atoms with Crippen molar-refractivity contribution in [3.05, 3.63) is 84.2 Å². The van der Waals surface area contributed by atoms with Gasteiger partial charge in [0.15, 0.2) is 0 Å². The molecule has 0 aliphatic carbocycles. The van der Waals surface area contributed by atoms with Gasteiger partial charge < -0.3 is 24.7 Å². The molecule has 33 heavy (non-hydrogen) atoms. The molecule has 1 aromatic heterocycles. The minimum atomic E-state index is -0.309. The van der Waals surface area contributed by atoms with Gasteiger partial charge in [-0.05, 0) is 36.2 Å². The monoisotopic (exact) mass is 444 g/mol. The van der Waals surface area contributed by atoms with Crippen LogP contribution in [0.3, 0.4) is 0 Å². The van der Waals surface area contributed by atoms with Gasteiger partial charge in [0.25, 0.3) is 0 Å². The summed E-state index contributed by atoms with van der Waals surface area (Å²) in [4.78, 5) is 17.4. The maximum atomic E-state index is 12.5. The molecule has 0 atom stereocenters. The Bertz CT molecular complexity index is 1220. The van der Waals surface area contributed by atoms with E-state index in [0.717, 1.165) is 29.7 Å². The molecular weight excluding hydrogens is 416 g/mol. The number of fused-ring (bicyclic) bond motifs is 1. The Morgan fingerprint density at radius 2 is 1.73 bits per heavy atom. The number of methoxy groups -OCH3 is 2. The minimum Gasteiger partial charge on any atom is -0.497 e. The molecule has 0 radical (unpaired) electrons.